The van der Waals surface area contributed by atoms with Crippen LogP contribution in [0.15, 0.2) is 49.0 Å². The van der Waals surface area contributed by atoms with Gasteiger partial charge in [-0.15, -0.1) is 0 Å². The van der Waals surface area contributed by atoms with Gasteiger partial charge in [0.15, 0.2) is 0 Å². The van der Waals surface area contributed by atoms with Crippen molar-refractivity contribution in [1.29, 1.82) is 0 Å². The van der Waals surface area contributed by atoms with E-state index >= 15 is 0 Å². The van der Waals surface area contributed by atoms with Crippen LogP contribution in [-0.4, -0.2) is 22.4 Å². The predicted molar refractivity (Wildman–Crippen MR) is 106 cm³/mol. The molecule has 0 spiro atoms. The van der Waals surface area contributed by atoms with Crippen LogP contribution >= 0.6 is 23.2 Å². The molecule has 0 saturated heterocycles. The monoisotopic (exact) mass is 390 g/mol. The fourth-order valence-corrected chi connectivity index (χ4v) is 2.79. The second-order valence-corrected chi connectivity index (χ2v) is 7.61. The minimum atomic E-state index is -0.664. The normalized spacial score (nSPS) is 11.0. The van der Waals surface area contributed by atoms with Crippen molar-refractivity contribution < 1.29 is 9.59 Å². The first kappa shape index (κ1) is 20.0. The van der Waals surface area contributed by atoms with E-state index in [-0.39, 0.29) is 0 Å². The molecule has 136 valence electrons. The zero-order valence-electron chi connectivity index (χ0n) is 14.8. The van der Waals surface area contributed by atoms with Crippen LogP contribution in [0.4, 0.5) is 0 Å². The maximum Gasteiger partial charge on any atom is 0.272 e. The third-order valence-corrected chi connectivity index (χ3v) is 4.04. The van der Waals surface area contributed by atoms with Crippen molar-refractivity contribution in [3.8, 4) is 0 Å². The van der Waals surface area contributed by atoms with Gasteiger partial charge in [-0.05, 0) is 56.7 Å². The topological polar surface area (TPSA) is 49.4 Å². The van der Waals surface area contributed by atoms with Crippen LogP contribution in [0, 0.1) is 0 Å². The Morgan fingerprint density at radius 1 is 1.00 bits per heavy atom. The summed E-state index contributed by atoms with van der Waals surface area (Å²) in [7, 11) is 0. The molecule has 2 rings (SSSR count). The van der Waals surface area contributed by atoms with Gasteiger partial charge in [0, 0.05) is 21.2 Å². The standard InChI is InChI=1S/C20H20Cl2N2O2/c1-5-13-6-8-14(9-7-13)18(25)23-24(20(2,3)4)19(26)15-10-16(21)12-17(22)11-15/h5-12H,1H2,2-4H3,(H,23,25). The Labute approximate surface area is 163 Å². The number of amides is 2. The van der Waals surface area contributed by atoms with Crippen molar-refractivity contribution in [2.45, 2.75) is 26.3 Å². The molecular weight excluding hydrogens is 371 g/mol. The zero-order chi connectivity index (χ0) is 19.5. The molecule has 6 heteroatoms. The molecule has 0 saturated carbocycles. The molecule has 0 aromatic heterocycles. The Bertz CT molecular complexity index is 820. The molecule has 0 aliphatic heterocycles. The third kappa shape index (κ3) is 4.87. The lowest BCUT2D eigenvalue weighted by molar-refractivity contribution is 0.0358. The Morgan fingerprint density at radius 2 is 1.54 bits per heavy atom. The highest BCUT2D eigenvalue weighted by molar-refractivity contribution is 6.35. The van der Waals surface area contributed by atoms with Crippen LogP contribution in [0.2, 0.25) is 10.0 Å². The molecule has 0 aliphatic rings. The number of nitrogens with zero attached hydrogens (tertiary/aromatic N) is 1. The molecule has 0 heterocycles. The number of carbonyl (C=O) groups excluding carboxylic acids is 2. The Hall–Kier alpha value is -2.30. The van der Waals surface area contributed by atoms with Gasteiger partial charge < -0.3 is 0 Å². The number of hydrogen-bond acceptors (Lipinski definition) is 2. The smallest absolute Gasteiger partial charge is 0.267 e. The quantitative estimate of drug-likeness (QED) is 0.729. The van der Waals surface area contributed by atoms with E-state index in [4.69, 9.17) is 23.2 Å². The van der Waals surface area contributed by atoms with Gasteiger partial charge in [0.05, 0.1) is 5.54 Å². The van der Waals surface area contributed by atoms with Crippen LogP contribution in [0.25, 0.3) is 6.08 Å². The number of rotatable bonds is 3. The third-order valence-electron chi connectivity index (χ3n) is 3.61. The molecule has 0 bridgehead atoms. The predicted octanol–water partition coefficient (Wildman–Crippen LogP) is 5.22. The van der Waals surface area contributed by atoms with Crippen molar-refractivity contribution in [1.82, 2.24) is 10.4 Å². The van der Waals surface area contributed by atoms with Crippen LogP contribution in [0.3, 0.4) is 0 Å². The second-order valence-electron chi connectivity index (χ2n) is 6.74. The van der Waals surface area contributed by atoms with Crippen LogP contribution in [-0.2, 0) is 0 Å². The molecule has 0 unspecified atom stereocenters. The summed E-state index contributed by atoms with van der Waals surface area (Å²) in [6.07, 6.45) is 1.69. The largest absolute Gasteiger partial charge is 0.272 e. The van der Waals surface area contributed by atoms with Crippen LogP contribution in [0.5, 0.6) is 0 Å². The number of hydrazine groups is 1. The first-order valence-corrected chi connectivity index (χ1v) is 8.71. The average Bonchev–Trinajstić information content (AvgIpc) is 2.57. The maximum absolute atomic E-state index is 12.9. The summed E-state index contributed by atoms with van der Waals surface area (Å²) in [6, 6.07) is 11.5. The summed E-state index contributed by atoms with van der Waals surface area (Å²) >= 11 is 12.0. The Kier molecular flexibility index (Phi) is 6.11. The van der Waals surface area contributed by atoms with Crippen molar-refractivity contribution in [2.24, 2.45) is 0 Å². The molecule has 2 aromatic rings. The molecule has 0 aliphatic carbocycles. The SMILES string of the molecule is C=Cc1ccc(C(=O)NN(C(=O)c2cc(Cl)cc(Cl)c2)C(C)(C)C)cc1. The second kappa shape index (κ2) is 7.94. The van der Waals surface area contributed by atoms with E-state index in [1.54, 1.807) is 36.4 Å². The number of halogens is 2. The van der Waals surface area contributed by atoms with Gasteiger partial charge in [0.2, 0.25) is 0 Å². The summed E-state index contributed by atoms with van der Waals surface area (Å²) in [5.74, 6) is -0.796. The highest BCUT2D eigenvalue weighted by Crippen LogP contribution is 2.22. The van der Waals surface area contributed by atoms with Gasteiger partial charge in [-0.25, -0.2) is 5.01 Å². The van der Waals surface area contributed by atoms with Crippen molar-refractivity contribution in [3.05, 3.63) is 75.8 Å². The van der Waals surface area contributed by atoms with Gasteiger partial charge >= 0.3 is 0 Å². The van der Waals surface area contributed by atoms with Gasteiger partial charge in [-0.2, -0.15) is 0 Å². The summed E-state index contributed by atoms with van der Waals surface area (Å²) in [5.41, 5.74) is 3.64. The fourth-order valence-electron chi connectivity index (χ4n) is 2.27. The first-order valence-electron chi connectivity index (χ1n) is 7.96. The molecule has 0 atom stereocenters. The summed E-state index contributed by atoms with van der Waals surface area (Å²) in [6.45, 7) is 9.13. The van der Waals surface area contributed by atoms with Crippen molar-refractivity contribution >= 4 is 41.1 Å². The van der Waals surface area contributed by atoms with Gasteiger partial charge in [-0.3, -0.25) is 15.0 Å². The Morgan fingerprint density at radius 3 is 2.00 bits per heavy atom. The van der Waals surface area contributed by atoms with Gasteiger partial charge in [-0.1, -0.05) is 48.0 Å². The molecular formula is C20H20Cl2N2O2. The molecule has 2 aromatic carbocycles. The van der Waals surface area contributed by atoms with E-state index in [0.29, 0.717) is 21.2 Å². The van der Waals surface area contributed by atoms with E-state index in [1.807, 2.05) is 20.8 Å². The molecule has 26 heavy (non-hydrogen) atoms. The molecule has 0 radical (unpaired) electrons. The lowest BCUT2D eigenvalue weighted by Crippen LogP contribution is -2.55. The fraction of sp³-hybridized carbons (Fsp3) is 0.200. The molecule has 0 fully saturated rings. The minimum absolute atomic E-state index is 0.291. The van der Waals surface area contributed by atoms with Crippen LogP contribution in [0.1, 0.15) is 47.1 Å². The van der Waals surface area contributed by atoms with Crippen molar-refractivity contribution in [2.75, 3.05) is 0 Å². The van der Waals surface area contributed by atoms with Gasteiger partial charge in [0.25, 0.3) is 11.8 Å². The lowest BCUT2D eigenvalue weighted by atomic mass is 10.1. The molecule has 4 nitrogen and oxygen atoms in total. The number of nitrogens with one attached hydrogen (secondary N) is 1. The Balaban J connectivity index is 2.30. The summed E-state index contributed by atoms with van der Waals surface area (Å²) in [5, 5.41) is 1.97. The highest BCUT2D eigenvalue weighted by atomic mass is 35.5. The number of hydrogen-bond donors (Lipinski definition) is 1. The van der Waals surface area contributed by atoms with Crippen molar-refractivity contribution in [3.63, 3.8) is 0 Å². The van der Waals surface area contributed by atoms with E-state index < -0.39 is 17.4 Å². The lowest BCUT2D eigenvalue weighted by Gasteiger charge is -2.35. The average molecular weight is 391 g/mol. The summed E-state index contributed by atoms with van der Waals surface area (Å²) in [4.78, 5) is 25.5. The minimum Gasteiger partial charge on any atom is -0.267 e. The van der Waals surface area contributed by atoms with Crippen LogP contribution < -0.4 is 5.43 Å². The first-order chi connectivity index (χ1) is 12.1. The maximum atomic E-state index is 12.9. The summed E-state index contributed by atoms with van der Waals surface area (Å²) < 4.78 is 0. The van der Waals surface area contributed by atoms with E-state index in [0.717, 1.165) is 5.56 Å². The highest BCUT2D eigenvalue weighted by Gasteiger charge is 2.30. The molecule has 1 N–H and O–H groups in total. The van der Waals surface area contributed by atoms with Gasteiger partial charge in [0.1, 0.15) is 0 Å². The number of carbonyl (C=O) groups is 2. The zero-order valence-corrected chi connectivity index (χ0v) is 16.4. The van der Waals surface area contributed by atoms with E-state index in [2.05, 4.69) is 12.0 Å². The van der Waals surface area contributed by atoms with E-state index in [9.17, 15) is 9.59 Å². The number of benzene rings is 2. The molecule has 2 amide bonds. The van der Waals surface area contributed by atoms with E-state index in [1.165, 1.54) is 17.1 Å².